The summed E-state index contributed by atoms with van der Waals surface area (Å²) in [4.78, 5) is 0. The lowest BCUT2D eigenvalue weighted by atomic mass is 10.2. The molecule has 0 saturated heterocycles. The number of benzene rings is 1. The first-order valence-electron chi connectivity index (χ1n) is 3.42. The Hall–Kier alpha value is -0.990. The maximum atomic E-state index is 11.9. The lowest BCUT2D eigenvalue weighted by molar-refractivity contribution is 0.151. The Morgan fingerprint density at radius 3 is 1.75 bits per heavy atom. The van der Waals surface area contributed by atoms with Gasteiger partial charge in [0.15, 0.2) is 0 Å². The molecule has 0 saturated carbocycles. The Morgan fingerprint density at radius 1 is 1.00 bits per heavy atom. The normalized spacial score (nSPS) is 9.17. The zero-order chi connectivity index (χ0) is 9.56. The van der Waals surface area contributed by atoms with Crippen molar-refractivity contribution in [3.8, 4) is 0 Å². The molecule has 0 aliphatic heterocycles. The van der Waals surface area contributed by atoms with E-state index in [1.54, 1.807) is 12.1 Å². The molecule has 0 radical (unpaired) electrons. The first-order valence-corrected chi connectivity index (χ1v) is 3.42. The highest BCUT2D eigenvalue weighted by molar-refractivity contribution is 5.21. The van der Waals surface area contributed by atoms with Crippen molar-refractivity contribution < 1.29 is 13.2 Å². The molecule has 68 valence electrons. The minimum absolute atomic E-state index is 0.0885. The molecule has 0 N–H and O–H groups in total. The smallest absolute Gasteiger partial charge is 0.255 e. The number of rotatable bonds is 1. The second-order valence-corrected chi connectivity index (χ2v) is 2.21. The van der Waals surface area contributed by atoms with Crippen molar-refractivity contribution in [2.45, 2.75) is 13.3 Å². The molecule has 0 spiro atoms. The Labute approximate surface area is 70.0 Å². The number of hydrogen-bond acceptors (Lipinski definition) is 0. The molecule has 1 aromatic carbocycles. The van der Waals surface area contributed by atoms with Gasteiger partial charge in [-0.2, -0.15) is 0 Å². The summed E-state index contributed by atoms with van der Waals surface area (Å²) in [6.45, 7) is 1.87. The van der Waals surface area contributed by atoms with Gasteiger partial charge in [0.25, 0.3) is 6.43 Å². The van der Waals surface area contributed by atoms with Crippen LogP contribution in [0.3, 0.4) is 0 Å². The van der Waals surface area contributed by atoms with Crippen LogP contribution in [-0.4, -0.2) is 7.18 Å². The molecule has 0 nitrogen and oxygen atoms in total. The monoisotopic (exact) mass is 176 g/mol. The van der Waals surface area contributed by atoms with E-state index in [4.69, 9.17) is 0 Å². The van der Waals surface area contributed by atoms with Crippen LogP contribution in [0.1, 0.15) is 17.6 Å². The maximum absolute atomic E-state index is 11.9. The average molecular weight is 176 g/mol. The summed E-state index contributed by atoms with van der Waals surface area (Å²) < 4.78 is 33.3. The van der Waals surface area contributed by atoms with Crippen LogP contribution in [0.4, 0.5) is 13.2 Å². The van der Waals surface area contributed by atoms with Crippen LogP contribution in [0.5, 0.6) is 0 Å². The molecule has 0 bridgehead atoms. The van der Waals surface area contributed by atoms with Gasteiger partial charge in [-0.1, -0.05) is 29.8 Å². The fourth-order valence-corrected chi connectivity index (χ4v) is 0.712. The summed E-state index contributed by atoms with van der Waals surface area (Å²) in [7, 11) is 0.500. The molecular weight excluding hydrogens is 165 g/mol. The lowest BCUT2D eigenvalue weighted by Crippen LogP contribution is -1.82. The number of halogens is 3. The Balaban J connectivity index is 0.000000561. The van der Waals surface area contributed by atoms with Gasteiger partial charge in [-0.15, -0.1) is 0 Å². The molecule has 0 heterocycles. The quantitative estimate of drug-likeness (QED) is 0.614. The van der Waals surface area contributed by atoms with Crippen LogP contribution in [0.15, 0.2) is 24.3 Å². The zero-order valence-corrected chi connectivity index (χ0v) is 7.02. The van der Waals surface area contributed by atoms with E-state index in [1.807, 2.05) is 6.92 Å². The summed E-state index contributed by atoms with van der Waals surface area (Å²) in [5.74, 6) is 0. The number of aryl methyl sites for hydroxylation is 1. The SMILES string of the molecule is CF.Cc1ccc(C(F)F)cc1. The molecule has 12 heavy (non-hydrogen) atoms. The van der Waals surface area contributed by atoms with Gasteiger partial charge in [-0.3, -0.25) is 4.39 Å². The molecule has 3 heteroatoms. The average Bonchev–Trinajstić information content (AvgIpc) is 2.09. The summed E-state index contributed by atoms with van der Waals surface area (Å²) >= 11 is 0. The van der Waals surface area contributed by atoms with E-state index in [1.165, 1.54) is 12.1 Å². The molecule has 0 amide bonds. The van der Waals surface area contributed by atoms with Crippen molar-refractivity contribution in [2.24, 2.45) is 0 Å². The summed E-state index contributed by atoms with van der Waals surface area (Å²) in [5.41, 5.74) is 1.09. The third-order valence-corrected chi connectivity index (χ3v) is 1.33. The molecular formula is C9H11F3. The van der Waals surface area contributed by atoms with Crippen LogP contribution in [-0.2, 0) is 0 Å². The first kappa shape index (κ1) is 11.0. The zero-order valence-electron chi connectivity index (χ0n) is 7.02. The highest BCUT2D eigenvalue weighted by Gasteiger charge is 2.03. The van der Waals surface area contributed by atoms with Gasteiger partial charge in [-0.25, -0.2) is 8.78 Å². The predicted octanol–water partition coefficient (Wildman–Crippen LogP) is 3.52. The van der Waals surface area contributed by atoms with Gasteiger partial charge < -0.3 is 0 Å². The van der Waals surface area contributed by atoms with Crippen LogP contribution < -0.4 is 0 Å². The van der Waals surface area contributed by atoms with Crippen molar-refractivity contribution in [1.29, 1.82) is 0 Å². The largest absolute Gasteiger partial charge is 0.263 e. The van der Waals surface area contributed by atoms with Gasteiger partial charge in [0, 0.05) is 5.56 Å². The summed E-state index contributed by atoms with van der Waals surface area (Å²) in [5, 5.41) is 0. The van der Waals surface area contributed by atoms with Gasteiger partial charge in [0.1, 0.15) is 0 Å². The molecule has 0 atom stereocenters. The molecule has 0 fully saturated rings. The summed E-state index contributed by atoms with van der Waals surface area (Å²) in [6.07, 6.45) is -2.35. The standard InChI is InChI=1S/C8H8F2.CH3F/c1-6-2-4-7(5-3-6)8(9)10;1-2/h2-5,8H,1H3;1H3. The predicted molar refractivity (Wildman–Crippen MR) is 43.2 cm³/mol. The number of alkyl halides is 3. The lowest BCUT2D eigenvalue weighted by Gasteiger charge is -1.97. The third-order valence-electron chi connectivity index (χ3n) is 1.33. The molecule has 1 rings (SSSR count). The van der Waals surface area contributed by atoms with E-state index in [0.717, 1.165) is 5.56 Å². The second-order valence-electron chi connectivity index (χ2n) is 2.21. The summed E-state index contributed by atoms with van der Waals surface area (Å²) in [6, 6.07) is 6.25. The molecule has 0 aromatic heterocycles. The van der Waals surface area contributed by atoms with Gasteiger partial charge in [0.2, 0.25) is 0 Å². The highest BCUT2D eigenvalue weighted by Crippen LogP contribution is 2.17. The van der Waals surface area contributed by atoms with Crippen LogP contribution >= 0.6 is 0 Å². The van der Waals surface area contributed by atoms with Crippen LogP contribution in [0.25, 0.3) is 0 Å². The fraction of sp³-hybridized carbons (Fsp3) is 0.333. The van der Waals surface area contributed by atoms with Gasteiger partial charge >= 0.3 is 0 Å². The Morgan fingerprint density at radius 2 is 1.42 bits per heavy atom. The number of hydrogen-bond donors (Lipinski definition) is 0. The van der Waals surface area contributed by atoms with E-state index in [0.29, 0.717) is 7.18 Å². The van der Waals surface area contributed by atoms with E-state index in [2.05, 4.69) is 0 Å². The van der Waals surface area contributed by atoms with E-state index < -0.39 is 6.43 Å². The Kier molecular flexibility index (Phi) is 5.17. The van der Waals surface area contributed by atoms with Crippen molar-refractivity contribution in [3.63, 3.8) is 0 Å². The fourth-order valence-electron chi connectivity index (χ4n) is 0.712. The minimum atomic E-state index is -2.35. The van der Waals surface area contributed by atoms with Gasteiger partial charge in [0.05, 0.1) is 7.18 Å². The van der Waals surface area contributed by atoms with Crippen molar-refractivity contribution in [1.82, 2.24) is 0 Å². The van der Waals surface area contributed by atoms with Crippen molar-refractivity contribution in [2.75, 3.05) is 7.18 Å². The highest BCUT2D eigenvalue weighted by atomic mass is 19.3. The van der Waals surface area contributed by atoms with E-state index in [-0.39, 0.29) is 5.56 Å². The molecule has 0 unspecified atom stereocenters. The van der Waals surface area contributed by atoms with Crippen LogP contribution in [0, 0.1) is 6.92 Å². The molecule has 1 aromatic rings. The minimum Gasteiger partial charge on any atom is -0.255 e. The van der Waals surface area contributed by atoms with E-state index in [9.17, 15) is 13.2 Å². The van der Waals surface area contributed by atoms with E-state index >= 15 is 0 Å². The maximum Gasteiger partial charge on any atom is 0.263 e. The Bertz CT molecular complexity index is 204. The topological polar surface area (TPSA) is 0 Å². The first-order chi connectivity index (χ1) is 5.70. The molecule has 0 aliphatic carbocycles. The molecule has 0 aliphatic rings. The van der Waals surface area contributed by atoms with Gasteiger partial charge in [-0.05, 0) is 6.92 Å². The second kappa shape index (κ2) is 5.63. The van der Waals surface area contributed by atoms with Crippen LogP contribution in [0.2, 0.25) is 0 Å². The van der Waals surface area contributed by atoms with Crippen molar-refractivity contribution >= 4 is 0 Å². The van der Waals surface area contributed by atoms with Crippen molar-refractivity contribution in [3.05, 3.63) is 35.4 Å². The third kappa shape index (κ3) is 3.42.